The summed E-state index contributed by atoms with van der Waals surface area (Å²) in [4.78, 5) is 32.2. The Balaban J connectivity index is 1.55. The maximum atomic E-state index is 12.9. The standard InChI is InChI=1S/C21H22ClN3O2S2/c1-11-8-12(2)18(14(22)9-11)23-16(26)10-28-21-24-19-17(20(27)25(21)3)13-6-4-5-7-15(13)29-19/h8-9H,4-7,10H2,1-3H3,(H,23,26). The maximum Gasteiger partial charge on any atom is 0.262 e. The van der Waals surface area contributed by atoms with E-state index in [1.807, 2.05) is 26.0 Å². The minimum Gasteiger partial charge on any atom is -0.324 e. The van der Waals surface area contributed by atoms with Crippen molar-refractivity contribution in [2.75, 3.05) is 11.1 Å². The lowest BCUT2D eigenvalue weighted by Gasteiger charge is -2.12. The number of aromatic nitrogens is 2. The van der Waals surface area contributed by atoms with Gasteiger partial charge < -0.3 is 5.32 Å². The van der Waals surface area contributed by atoms with Gasteiger partial charge in [0.2, 0.25) is 5.91 Å². The van der Waals surface area contributed by atoms with Crippen LogP contribution in [0.1, 0.15) is 34.4 Å². The molecule has 0 atom stereocenters. The smallest absolute Gasteiger partial charge is 0.262 e. The van der Waals surface area contributed by atoms with Crippen LogP contribution in [0.4, 0.5) is 5.69 Å². The normalized spacial score (nSPS) is 13.5. The number of hydrogen-bond donors (Lipinski definition) is 1. The van der Waals surface area contributed by atoms with Crippen molar-refractivity contribution in [3.05, 3.63) is 49.1 Å². The monoisotopic (exact) mass is 447 g/mol. The number of carbonyl (C=O) groups is 1. The van der Waals surface area contributed by atoms with Gasteiger partial charge >= 0.3 is 0 Å². The van der Waals surface area contributed by atoms with E-state index in [1.54, 1.807) is 23.0 Å². The van der Waals surface area contributed by atoms with Crippen LogP contribution < -0.4 is 10.9 Å². The van der Waals surface area contributed by atoms with Gasteiger partial charge in [-0.1, -0.05) is 29.4 Å². The lowest BCUT2D eigenvalue weighted by atomic mass is 9.97. The maximum absolute atomic E-state index is 12.9. The van der Waals surface area contributed by atoms with Gasteiger partial charge in [-0.3, -0.25) is 14.2 Å². The summed E-state index contributed by atoms with van der Waals surface area (Å²) in [6.07, 6.45) is 4.28. The fraction of sp³-hybridized carbons (Fsp3) is 0.381. The molecule has 3 aromatic rings. The minimum atomic E-state index is -0.177. The van der Waals surface area contributed by atoms with Crippen LogP contribution >= 0.6 is 34.7 Å². The highest BCUT2D eigenvalue weighted by Gasteiger charge is 2.21. The van der Waals surface area contributed by atoms with E-state index in [0.29, 0.717) is 15.9 Å². The highest BCUT2D eigenvalue weighted by atomic mass is 35.5. The molecular weight excluding hydrogens is 426 g/mol. The fourth-order valence-electron chi connectivity index (χ4n) is 3.78. The van der Waals surface area contributed by atoms with Gasteiger partial charge in [0, 0.05) is 11.9 Å². The molecule has 1 amide bonds. The average Bonchev–Trinajstić information content (AvgIpc) is 3.04. The number of halogens is 1. The van der Waals surface area contributed by atoms with Crippen LogP contribution in [0.25, 0.3) is 10.2 Å². The first kappa shape index (κ1) is 20.4. The van der Waals surface area contributed by atoms with Gasteiger partial charge in [0.1, 0.15) is 4.83 Å². The number of benzene rings is 1. The molecule has 2 aromatic heterocycles. The zero-order valence-electron chi connectivity index (χ0n) is 16.6. The second kappa shape index (κ2) is 8.13. The largest absolute Gasteiger partial charge is 0.324 e. The highest BCUT2D eigenvalue weighted by molar-refractivity contribution is 7.99. The molecule has 152 valence electrons. The van der Waals surface area contributed by atoms with E-state index in [4.69, 9.17) is 16.6 Å². The molecule has 2 heterocycles. The molecule has 1 aromatic carbocycles. The van der Waals surface area contributed by atoms with Crippen LogP contribution in [0.3, 0.4) is 0 Å². The summed E-state index contributed by atoms with van der Waals surface area (Å²) in [6.45, 7) is 3.88. The summed E-state index contributed by atoms with van der Waals surface area (Å²) in [5.74, 6) is -0.0239. The number of thioether (sulfide) groups is 1. The summed E-state index contributed by atoms with van der Waals surface area (Å²) in [5, 5.41) is 4.73. The van der Waals surface area contributed by atoms with E-state index >= 15 is 0 Å². The first-order valence-corrected chi connectivity index (χ1v) is 11.7. The fourth-order valence-corrected chi connectivity index (χ4v) is 6.22. The molecule has 0 fully saturated rings. The number of nitrogens with one attached hydrogen (secondary N) is 1. The quantitative estimate of drug-likeness (QED) is 0.457. The summed E-state index contributed by atoms with van der Waals surface area (Å²) in [7, 11) is 1.73. The molecule has 4 rings (SSSR count). The Morgan fingerprint density at radius 3 is 2.83 bits per heavy atom. The molecule has 1 N–H and O–H groups in total. The first-order valence-electron chi connectivity index (χ1n) is 9.56. The first-order chi connectivity index (χ1) is 13.8. The van der Waals surface area contributed by atoms with Crippen LogP contribution in [-0.4, -0.2) is 21.2 Å². The van der Waals surface area contributed by atoms with Crippen LogP contribution in [0, 0.1) is 13.8 Å². The molecule has 5 nitrogen and oxygen atoms in total. The number of carbonyl (C=O) groups excluding carboxylic acids is 1. The van der Waals surface area contributed by atoms with Crippen molar-refractivity contribution in [3.63, 3.8) is 0 Å². The summed E-state index contributed by atoms with van der Waals surface area (Å²) in [6, 6.07) is 3.81. The van der Waals surface area contributed by atoms with Crippen molar-refractivity contribution in [2.45, 2.75) is 44.7 Å². The van der Waals surface area contributed by atoms with Gasteiger partial charge in [0.25, 0.3) is 5.56 Å². The second-order valence-electron chi connectivity index (χ2n) is 7.43. The Bertz CT molecular complexity index is 1160. The Morgan fingerprint density at radius 1 is 1.31 bits per heavy atom. The van der Waals surface area contributed by atoms with Crippen LogP contribution in [0.15, 0.2) is 22.1 Å². The molecule has 0 aliphatic heterocycles. The average molecular weight is 448 g/mol. The Morgan fingerprint density at radius 2 is 2.07 bits per heavy atom. The molecule has 8 heteroatoms. The molecule has 0 saturated heterocycles. The number of aryl methyl sites for hydroxylation is 4. The molecule has 0 spiro atoms. The topological polar surface area (TPSA) is 64.0 Å². The van der Waals surface area contributed by atoms with Crippen molar-refractivity contribution in [3.8, 4) is 0 Å². The van der Waals surface area contributed by atoms with E-state index in [1.165, 1.54) is 28.6 Å². The van der Waals surface area contributed by atoms with Crippen molar-refractivity contribution < 1.29 is 4.79 Å². The predicted octanol–water partition coefficient (Wildman–Crippen LogP) is 4.87. The molecular formula is C21H22ClN3O2S2. The zero-order chi connectivity index (χ0) is 20.7. The van der Waals surface area contributed by atoms with Crippen molar-refractivity contribution >= 4 is 56.5 Å². The third-order valence-corrected chi connectivity index (χ3v) is 7.70. The van der Waals surface area contributed by atoms with Gasteiger partial charge in [-0.05, 0) is 62.3 Å². The Kier molecular flexibility index (Phi) is 5.73. The zero-order valence-corrected chi connectivity index (χ0v) is 19.0. The molecule has 1 aliphatic carbocycles. The number of rotatable bonds is 4. The lowest BCUT2D eigenvalue weighted by molar-refractivity contribution is -0.113. The van der Waals surface area contributed by atoms with Crippen molar-refractivity contribution in [1.29, 1.82) is 0 Å². The highest BCUT2D eigenvalue weighted by Crippen LogP contribution is 2.34. The predicted molar refractivity (Wildman–Crippen MR) is 122 cm³/mol. The number of thiophene rings is 1. The van der Waals surface area contributed by atoms with Gasteiger partial charge in [-0.2, -0.15) is 0 Å². The van der Waals surface area contributed by atoms with E-state index in [9.17, 15) is 9.59 Å². The minimum absolute atomic E-state index is 0.0188. The van der Waals surface area contributed by atoms with Gasteiger partial charge in [-0.25, -0.2) is 4.98 Å². The molecule has 0 radical (unpaired) electrons. The second-order valence-corrected chi connectivity index (χ2v) is 9.86. The Labute approximate surface area is 182 Å². The molecule has 0 bridgehead atoms. The van der Waals surface area contributed by atoms with E-state index in [0.717, 1.165) is 40.6 Å². The summed E-state index contributed by atoms with van der Waals surface area (Å²) >= 11 is 9.17. The number of fused-ring (bicyclic) bond motifs is 3. The lowest BCUT2D eigenvalue weighted by Crippen LogP contribution is -2.22. The third kappa shape index (κ3) is 3.96. The van der Waals surface area contributed by atoms with Gasteiger partial charge in [0.05, 0.1) is 21.8 Å². The van der Waals surface area contributed by atoms with Crippen molar-refractivity contribution in [1.82, 2.24) is 9.55 Å². The van der Waals surface area contributed by atoms with Crippen molar-refractivity contribution in [2.24, 2.45) is 7.05 Å². The van der Waals surface area contributed by atoms with E-state index in [2.05, 4.69) is 5.32 Å². The van der Waals surface area contributed by atoms with Gasteiger partial charge in [-0.15, -0.1) is 11.3 Å². The van der Waals surface area contributed by atoms with Crippen LogP contribution in [0.5, 0.6) is 0 Å². The molecule has 1 aliphatic rings. The number of hydrogen-bond acceptors (Lipinski definition) is 5. The summed E-state index contributed by atoms with van der Waals surface area (Å²) < 4.78 is 1.56. The van der Waals surface area contributed by atoms with E-state index in [-0.39, 0.29) is 17.2 Å². The number of amides is 1. The van der Waals surface area contributed by atoms with E-state index < -0.39 is 0 Å². The molecule has 0 saturated carbocycles. The number of anilines is 1. The molecule has 0 unspecified atom stereocenters. The van der Waals surface area contributed by atoms with Crippen LogP contribution in [-0.2, 0) is 24.7 Å². The third-order valence-electron chi connectivity index (χ3n) is 5.18. The Hall–Kier alpha value is -1.83. The SMILES string of the molecule is Cc1cc(C)c(NC(=O)CSc2nc3sc4c(c3c(=O)n2C)CCCC4)c(Cl)c1. The van der Waals surface area contributed by atoms with Gasteiger partial charge in [0.15, 0.2) is 5.16 Å². The number of nitrogens with zero attached hydrogens (tertiary/aromatic N) is 2. The van der Waals surface area contributed by atoms with Crippen LogP contribution in [0.2, 0.25) is 5.02 Å². The summed E-state index contributed by atoms with van der Waals surface area (Å²) in [5.41, 5.74) is 3.76. The molecule has 29 heavy (non-hydrogen) atoms.